The second-order valence-electron chi connectivity index (χ2n) is 5.56. The second-order valence-corrected chi connectivity index (χ2v) is 8.15. The SMILES string of the molecule is CC(C)(C)SNC(CC(=O)C(F)(F)F)c1cccc(Br)c1.CF. The van der Waals surface area contributed by atoms with Gasteiger partial charge in [0.1, 0.15) is 0 Å². The van der Waals surface area contributed by atoms with Crippen molar-refractivity contribution in [3.05, 3.63) is 34.3 Å². The van der Waals surface area contributed by atoms with Crippen molar-refractivity contribution in [2.24, 2.45) is 0 Å². The Bertz CT molecular complexity index is 503. The minimum absolute atomic E-state index is 0.175. The molecule has 0 bridgehead atoms. The van der Waals surface area contributed by atoms with Crippen LogP contribution in [-0.4, -0.2) is 23.9 Å². The van der Waals surface area contributed by atoms with E-state index < -0.39 is 24.4 Å². The Balaban J connectivity index is 0.00000232. The molecule has 1 aromatic rings. The fourth-order valence-corrected chi connectivity index (χ4v) is 2.63. The molecule has 1 N–H and O–H groups in total. The third kappa shape index (κ3) is 9.32. The molecule has 0 radical (unpaired) electrons. The molecule has 1 atom stereocenters. The van der Waals surface area contributed by atoms with Crippen LogP contribution < -0.4 is 4.72 Å². The molecule has 0 aliphatic heterocycles. The van der Waals surface area contributed by atoms with Gasteiger partial charge in [0.05, 0.1) is 7.18 Å². The van der Waals surface area contributed by atoms with Gasteiger partial charge in [-0.1, -0.05) is 40.0 Å². The number of rotatable bonds is 5. The molecule has 0 aromatic heterocycles. The number of benzene rings is 1. The number of alkyl halides is 4. The second kappa shape index (κ2) is 9.64. The van der Waals surface area contributed by atoms with Gasteiger partial charge in [-0.25, -0.2) is 0 Å². The molecule has 132 valence electrons. The van der Waals surface area contributed by atoms with Crippen LogP contribution >= 0.6 is 27.9 Å². The lowest BCUT2D eigenvalue weighted by molar-refractivity contribution is -0.171. The molecule has 1 aromatic carbocycles. The lowest BCUT2D eigenvalue weighted by Crippen LogP contribution is -2.29. The lowest BCUT2D eigenvalue weighted by Gasteiger charge is -2.24. The van der Waals surface area contributed by atoms with Crippen molar-refractivity contribution in [2.45, 2.75) is 44.2 Å². The van der Waals surface area contributed by atoms with Crippen LogP contribution in [0.3, 0.4) is 0 Å². The average Bonchev–Trinajstić information content (AvgIpc) is 2.43. The van der Waals surface area contributed by atoms with Crippen LogP contribution in [0.4, 0.5) is 17.6 Å². The van der Waals surface area contributed by atoms with Crippen molar-refractivity contribution in [1.29, 1.82) is 0 Å². The van der Waals surface area contributed by atoms with E-state index in [2.05, 4.69) is 20.7 Å². The first kappa shape index (κ1) is 22.4. The summed E-state index contributed by atoms with van der Waals surface area (Å²) in [6.07, 6.45) is -5.43. The van der Waals surface area contributed by atoms with Gasteiger partial charge in [-0.2, -0.15) is 13.2 Å². The molecule has 8 heteroatoms. The van der Waals surface area contributed by atoms with Crippen molar-refractivity contribution in [3.8, 4) is 0 Å². The predicted molar refractivity (Wildman–Crippen MR) is 90.1 cm³/mol. The Labute approximate surface area is 146 Å². The topological polar surface area (TPSA) is 29.1 Å². The highest BCUT2D eigenvalue weighted by atomic mass is 79.9. The maximum atomic E-state index is 12.5. The van der Waals surface area contributed by atoms with Crippen LogP contribution in [0, 0.1) is 0 Å². The standard InChI is InChI=1S/C14H17BrF3NOS.CH3F/c1-13(2,3)21-19-11(8-12(20)14(16,17)18)9-5-4-6-10(15)7-9;1-2/h4-7,11,19H,8H2,1-3H3;1H3. The van der Waals surface area contributed by atoms with Crippen molar-refractivity contribution in [3.63, 3.8) is 0 Å². The number of hydrogen-bond donors (Lipinski definition) is 1. The lowest BCUT2D eigenvalue weighted by atomic mass is 10.0. The van der Waals surface area contributed by atoms with Crippen LogP contribution in [0.5, 0.6) is 0 Å². The molecule has 0 fully saturated rings. The Morgan fingerprint density at radius 3 is 2.26 bits per heavy atom. The van der Waals surface area contributed by atoms with Gasteiger partial charge in [0.25, 0.3) is 0 Å². The smallest absolute Gasteiger partial charge is 0.290 e. The Morgan fingerprint density at radius 1 is 1.26 bits per heavy atom. The monoisotopic (exact) mass is 417 g/mol. The van der Waals surface area contributed by atoms with E-state index in [0.29, 0.717) is 12.7 Å². The first-order chi connectivity index (χ1) is 10.5. The number of nitrogens with one attached hydrogen (secondary N) is 1. The molecule has 1 rings (SSSR count). The molecule has 2 nitrogen and oxygen atoms in total. The van der Waals surface area contributed by atoms with E-state index in [1.165, 1.54) is 11.9 Å². The zero-order valence-electron chi connectivity index (χ0n) is 13.3. The Morgan fingerprint density at radius 2 is 1.83 bits per heavy atom. The molecule has 0 aliphatic carbocycles. The molecule has 0 spiro atoms. The molecule has 0 saturated heterocycles. The Kier molecular flexibility index (Phi) is 9.39. The first-order valence-electron chi connectivity index (χ1n) is 6.66. The Hall–Kier alpha value is -0.600. The molecule has 1 unspecified atom stereocenters. The van der Waals surface area contributed by atoms with Crippen LogP contribution in [0.1, 0.15) is 38.8 Å². The van der Waals surface area contributed by atoms with Crippen molar-refractivity contribution < 1.29 is 22.4 Å². The van der Waals surface area contributed by atoms with Gasteiger partial charge in [0.15, 0.2) is 0 Å². The molecular weight excluding hydrogens is 398 g/mol. The summed E-state index contributed by atoms with van der Waals surface area (Å²) in [4.78, 5) is 11.3. The number of hydrogen-bond acceptors (Lipinski definition) is 3. The number of Topliss-reactive ketones (excluding diaryl/α,β-unsaturated/α-hetero) is 1. The average molecular weight is 418 g/mol. The predicted octanol–water partition coefficient (Wildman–Crippen LogP) is 5.63. The van der Waals surface area contributed by atoms with E-state index in [-0.39, 0.29) is 4.75 Å². The molecule has 0 amide bonds. The maximum Gasteiger partial charge on any atom is 0.450 e. The minimum atomic E-state index is -4.81. The summed E-state index contributed by atoms with van der Waals surface area (Å²) in [5.74, 6) is -1.73. The van der Waals surface area contributed by atoms with Crippen molar-refractivity contribution in [1.82, 2.24) is 4.72 Å². The zero-order valence-corrected chi connectivity index (χ0v) is 15.7. The van der Waals surface area contributed by atoms with Gasteiger partial charge in [-0.3, -0.25) is 13.9 Å². The van der Waals surface area contributed by atoms with Gasteiger partial charge in [-0.15, -0.1) is 0 Å². The minimum Gasteiger partial charge on any atom is -0.290 e. The van der Waals surface area contributed by atoms with Gasteiger partial charge in [0, 0.05) is 21.7 Å². The van der Waals surface area contributed by atoms with Gasteiger partial charge in [-0.05, 0) is 38.5 Å². The van der Waals surface area contributed by atoms with E-state index in [1.54, 1.807) is 24.3 Å². The zero-order chi connectivity index (χ0) is 18.3. The van der Waals surface area contributed by atoms with Crippen molar-refractivity contribution in [2.75, 3.05) is 7.18 Å². The summed E-state index contributed by atoms with van der Waals surface area (Å²) in [5.41, 5.74) is 0.638. The largest absolute Gasteiger partial charge is 0.450 e. The first-order valence-corrected chi connectivity index (χ1v) is 8.27. The third-order valence-corrected chi connectivity index (χ3v) is 3.97. The van der Waals surface area contributed by atoms with E-state index in [4.69, 9.17) is 0 Å². The fourth-order valence-electron chi connectivity index (χ4n) is 1.50. The molecule has 23 heavy (non-hydrogen) atoms. The summed E-state index contributed by atoms with van der Waals surface area (Å²) in [6, 6.07) is 6.23. The molecule has 0 heterocycles. The summed E-state index contributed by atoms with van der Waals surface area (Å²) < 4.78 is 50.5. The van der Waals surface area contributed by atoms with Gasteiger partial charge < -0.3 is 0 Å². The van der Waals surface area contributed by atoms with Crippen molar-refractivity contribution >= 4 is 33.7 Å². The van der Waals surface area contributed by atoms with E-state index in [1.807, 2.05) is 20.8 Å². The van der Waals surface area contributed by atoms with E-state index >= 15 is 0 Å². The fraction of sp³-hybridized carbons (Fsp3) is 0.533. The molecular formula is C15H20BrF4NOS. The van der Waals surface area contributed by atoms with Crippen LogP contribution in [0.25, 0.3) is 0 Å². The van der Waals surface area contributed by atoms with Gasteiger partial charge in [0.2, 0.25) is 5.78 Å². The van der Waals surface area contributed by atoms with E-state index in [9.17, 15) is 22.4 Å². The highest BCUT2D eigenvalue weighted by Gasteiger charge is 2.39. The number of ketones is 1. The quantitative estimate of drug-likeness (QED) is 0.496. The third-order valence-electron chi connectivity index (χ3n) is 2.46. The summed E-state index contributed by atoms with van der Waals surface area (Å²) in [7, 11) is 0.500. The molecule has 0 saturated carbocycles. The van der Waals surface area contributed by atoms with Crippen LogP contribution in [0.15, 0.2) is 28.7 Å². The maximum absolute atomic E-state index is 12.5. The van der Waals surface area contributed by atoms with Gasteiger partial charge >= 0.3 is 6.18 Å². The van der Waals surface area contributed by atoms with Crippen LogP contribution in [-0.2, 0) is 4.79 Å². The summed E-state index contributed by atoms with van der Waals surface area (Å²) >= 11 is 4.60. The highest BCUT2D eigenvalue weighted by molar-refractivity contribution is 9.10. The summed E-state index contributed by atoms with van der Waals surface area (Å²) in [5, 5.41) is 0. The van der Waals surface area contributed by atoms with Crippen LogP contribution in [0.2, 0.25) is 0 Å². The normalized spacial score (nSPS) is 13.1. The summed E-state index contributed by atoms with van der Waals surface area (Å²) in [6.45, 7) is 5.82. The van der Waals surface area contributed by atoms with E-state index in [0.717, 1.165) is 4.47 Å². The number of carbonyl (C=O) groups is 1. The molecule has 0 aliphatic rings. The highest BCUT2D eigenvalue weighted by Crippen LogP contribution is 2.30. The number of halogens is 5. The number of carbonyl (C=O) groups excluding carboxylic acids is 1.